The molecule has 0 heteroatoms. The zero-order chi connectivity index (χ0) is 13.1. The Bertz CT molecular complexity index is 148. The van der Waals surface area contributed by atoms with Gasteiger partial charge in [0, 0.05) is 0 Å². The first-order valence-electron chi connectivity index (χ1n) is 8.07. The second-order valence-corrected chi connectivity index (χ2v) is 6.46. The number of hydrogen-bond donors (Lipinski definition) is 0. The van der Waals surface area contributed by atoms with E-state index in [0.717, 1.165) is 17.8 Å². The topological polar surface area (TPSA) is 0 Å². The van der Waals surface area contributed by atoms with E-state index in [-0.39, 0.29) is 0 Å². The summed E-state index contributed by atoms with van der Waals surface area (Å²) in [6, 6.07) is 0. The van der Waals surface area contributed by atoms with Crippen molar-refractivity contribution in [1.82, 2.24) is 0 Å². The van der Waals surface area contributed by atoms with E-state index >= 15 is 0 Å². The Morgan fingerprint density at radius 2 is 1.24 bits per heavy atom. The molecule has 0 aliphatic carbocycles. The third kappa shape index (κ3) is 10.9. The molecule has 0 spiro atoms. The molecule has 0 bridgehead atoms. The molecule has 0 amide bonds. The van der Waals surface area contributed by atoms with Crippen molar-refractivity contribution in [2.45, 2.75) is 92.4 Å². The van der Waals surface area contributed by atoms with Crippen LogP contribution in [0.15, 0.2) is 0 Å². The van der Waals surface area contributed by atoms with Crippen LogP contribution in [0.2, 0.25) is 0 Å². The molecule has 0 saturated carbocycles. The van der Waals surface area contributed by atoms with Gasteiger partial charge >= 0.3 is 0 Å². The fraction of sp³-hybridized carbons (Fsp3) is 1.00. The lowest BCUT2D eigenvalue weighted by Crippen LogP contribution is -2.06. The molecule has 0 aromatic carbocycles. The quantitative estimate of drug-likeness (QED) is 0.364. The molecule has 104 valence electrons. The maximum absolute atomic E-state index is 2.44. The van der Waals surface area contributed by atoms with Crippen LogP contribution in [0, 0.1) is 17.8 Å². The summed E-state index contributed by atoms with van der Waals surface area (Å²) in [5.41, 5.74) is 0. The summed E-state index contributed by atoms with van der Waals surface area (Å²) in [7, 11) is 0. The Morgan fingerprint density at radius 3 is 1.82 bits per heavy atom. The minimum atomic E-state index is 0.858. The van der Waals surface area contributed by atoms with Crippen molar-refractivity contribution >= 4 is 0 Å². The second kappa shape index (κ2) is 11.1. The highest BCUT2D eigenvalue weighted by atomic mass is 14.2. The van der Waals surface area contributed by atoms with E-state index in [0.29, 0.717) is 0 Å². The van der Waals surface area contributed by atoms with Gasteiger partial charge in [-0.15, -0.1) is 0 Å². The molecule has 0 N–H and O–H groups in total. The second-order valence-electron chi connectivity index (χ2n) is 6.46. The third-order valence-corrected chi connectivity index (χ3v) is 4.30. The number of hydrogen-bond acceptors (Lipinski definition) is 0. The summed E-state index contributed by atoms with van der Waals surface area (Å²) in [6.07, 6.45) is 13.0. The van der Waals surface area contributed by atoms with Crippen LogP contribution >= 0.6 is 0 Å². The largest absolute Gasteiger partial charge is 0.0654 e. The summed E-state index contributed by atoms with van der Waals surface area (Å²) in [5, 5.41) is 0. The molecule has 2 unspecified atom stereocenters. The molecular weight excluding hydrogens is 204 g/mol. The van der Waals surface area contributed by atoms with Crippen molar-refractivity contribution in [2.24, 2.45) is 17.8 Å². The first-order chi connectivity index (χ1) is 8.07. The van der Waals surface area contributed by atoms with E-state index < -0.39 is 0 Å². The lowest BCUT2D eigenvalue weighted by Gasteiger charge is -2.18. The van der Waals surface area contributed by atoms with E-state index in [1.165, 1.54) is 57.8 Å². The van der Waals surface area contributed by atoms with Crippen LogP contribution in [-0.4, -0.2) is 0 Å². The number of unbranched alkanes of at least 4 members (excludes halogenated alkanes) is 5. The highest BCUT2D eigenvalue weighted by Gasteiger charge is 2.09. The van der Waals surface area contributed by atoms with Crippen LogP contribution < -0.4 is 0 Å². The van der Waals surface area contributed by atoms with Crippen molar-refractivity contribution < 1.29 is 0 Å². The van der Waals surface area contributed by atoms with E-state index in [9.17, 15) is 0 Å². The standard InChI is InChI=1S/C17H36/c1-6-7-8-9-10-11-12-16(4)13-14-17(5)15(2)3/h15-17H,6-14H2,1-5H3. The molecule has 0 aromatic heterocycles. The number of rotatable bonds is 11. The summed E-state index contributed by atoms with van der Waals surface area (Å²) < 4.78 is 0. The SMILES string of the molecule is CCCCCCCCC(C)CCC(C)C(C)C. The van der Waals surface area contributed by atoms with Gasteiger partial charge < -0.3 is 0 Å². The molecule has 0 aliphatic rings. The summed E-state index contributed by atoms with van der Waals surface area (Å²) in [4.78, 5) is 0. The zero-order valence-electron chi connectivity index (χ0n) is 13.1. The average Bonchev–Trinajstić information content (AvgIpc) is 2.30. The third-order valence-electron chi connectivity index (χ3n) is 4.30. The Labute approximate surface area is 111 Å². The van der Waals surface area contributed by atoms with Crippen molar-refractivity contribution in [3.05, 3.63) is 0 Å². The van der Waals surface area contributed by atoms with Crippen LogP contribution in [0.3, 0.4) is 0 Å². The molecule has 0 aliphatic heterocycles. The summed E-state index contributed by atoms with van der Waals surface area (Å²) in [6.45, 7) is 11.8. The van der Waals surface area contributed by atoms with Gasteiger partial charge in [-0.25, -0.2) is 0 Å². The van der Waals surface area contributed by atoms with Crippen LogP contribution in [0.5, 0.6) is 0 Å². The Morgan fingerprint density at radius 1 is 0.647 bits per heavy atom. The zero-order valence-corrected chi connectivity index (χ0v) is 13.1. The highest BCUT2D eigenvalue weighted by Crippen LogP contribution is 2.22. The normalized spacial score (nSPS) is 15.2. The maximum atomic E-state index is 2.44. The van der Waals surface area contributed by atoms with E-state index in [4.69, 9.17) is 0 Å². The van der Waals surface area contributed by atoms with Crippen LogP contribution in [-0.2, 0) is 0 Å². The smallest absolute Gasteiger partial charge is 0.0420 e. The minimum Gasteiger partial charge on any atom is -0.0654 e. The molecule has 0 rings (SSSR count). The van der Waals surface area contributed by atoms with E-state index in [1.807, 2.05) is 0 Å². The molecule has 0 saturated heterocycles. The fourth-order valence-corrected chi connectivity index (χ4v) is 2.30. The first kappa shape index (κ1) is 17.0. The first-order valence-corrected chi connectivity index (χ1v) is 8.07. The van der Waals surface area contributed by atoms with Crippen LogP contribution in [0.1, 0.15) is 92.4 Å². The predicted octanol–water partition coefficient (Wildman–Crippen LogP) is 6.45. The highest BCUT2D eigenvalue weighted by molar-refractivity contribution is 4.61. The molecule has 0 aromatic rings. The minimum absolute atomic E-state index is 0.858. The maximum Gasteiger partial charge on any atom is -0.0420 e. The molecule has 0 heterocycles. The average molecular weight is 240 g/mol. The van der Waals surface area contributed by atoms with Gasteiger partial charge in [0.15, 0.2) is 0 Å². The van der Waals surface area contributed by atoms with E-state index in [2.05, 4.69) is 34.6 Å². The van der Waals surface area contributed by atoms with Crippen LogP contribution in [0.25, 0.3) is 0 Å². The molecule has 2 atom stereocenters. The monoisotopic (exact) mass is 240 g/mol. The molecule has 0 radical (unpaired) electrons. The lowest BCUT2D eigenvalue weighted by molar-refractivity contribution is 0.339. The van der Waals surface area contributed by atoms with Crippen molar-refractivity contribution in [2.75, 3.05) is 0 Å². The van der Waals surface area contributed by atoms with Crippen molar-refractivity contribution in [3.63, 3.8) is 0 Å². The molecule has 0 fully saturated rings. The van der Waals surface area contributed by atoms with E-state index in [1.54, 1.807) is 0 Å². The van der Waals surface area contributed by atoms with Gasteiger partial charge in [-0.1, -0.05) is 92.4 Å². The molecule has 17 heavy (non-hydrogen) atoms. The Hall–Kier alpha value is 0. The Kier molecular flexibility index (Phi) is 11.1. The fourth-order valence-electron chi connectivity index (χ4n) is 2.30. The van der Waals surface area contributed by atoms with Crippen LogP contribution in [0.4, 0.5) is 0 Å². The lowest BCUT2D eigenvalue weighted by atomic mass is 9.88. The molecule has 0 nitrogen and oxygen atoms in total. The van der Waals surface area contributed by atoms with Gasteiger partial charge in [-0.2, -0.15) is 0 Å². The summed E-state index contributed by atoms with van der Waals surface area (Å²) >= 11 is 0. The van der Waals surface area contributed by atoms with Crippen molar-refractivity contribution in [1.29, 1.82) is 0 Å². The van der Waals surface area contributed by atoms with Gasteiger partial charge in [0.1, 0.15) is 0 Å². The molecular formula is C17H36. The van der Waals surface area contributed by atoms with Gasteiger partial charge in [-0.05, 0) is 17.8 Å². The Balaban J connectivity index is 3.31. The predicted molar refractivity (Wildman–Crippen MR) is 80.4 cm³/mol. The van der Waals surface area contributed by atoms with Gasteiger partial charge in [-0.3, -0.25) is 0 Å². The van der Waals surface area contributed by atoms with Gasteiger partial charge in [0.25, 0.3) is 0 Å². The summed E-state index contributed by atoms with van der Waals surface area (Å²) in [5.74, 6) is 2.71. The van der Waals surface area contributed by atoms with Gasteiger partial charge in [0.05, 0.1) is 0 Å². The van der Waals surface area contributed by atoms with Gasteiger partial charge in [0.2, 0.25) is 0 Å². The van der Waals surface area contributed by atoms with Crippen molar-refractivity contribution in [3.8, 4) is 0 Å².